The Morgan fingerprint density at radius 2 is 1.92 bits per heavy atom. The maximum Gasteiger partial charge on any atom is 0.261 e. The zero-order valence-corrected chi connectivity index (χ0v) is 22.5. The van der Waals surface area contributed by atoms with Crippen LogP contribution in [0.25, 0.3) is 21.1 Å². The summed E-state index contributed by atoms with van der Waals surface area (Å²) in [6.07, 6.45) is 5.10. The number of rotatable bonds is 8. The van der Waals surface area contributed by atoms with Gasteiger partial charge >= 0.3 is 0 Å². The second-order valence-electron chi connectivity index (χ2n) is 9.56. The Labute approximate surface area is 229 Å². The van der Waals surface area contributed by atoms with Gasteiger partial charge in [-0.3, -0.25) is 14.8 Å². The lowest BCUT2D eigenvalue weighted by Gasteiger charge is -2.32. The summed E-state index contributed by atoms with van der Waals surface area (Å²) in [4.78, 5) is 25.8. The van der Waals surface area contributed by atoms with E-state index in [-0.39, 0.29) is 11.9 Å². The lowest BCUT2D eigenvalue weighted by atomic mass is 10.0. The fraction of sp³-hybridized carbons (Fsp3) is 0.286. The molecule has 1 saturated heterocycles. The summed E-state index contributed by atoms with van der Waals surface area (Å²) in [5, 5.41) is 15.5. The van der Waals surface area contributed by atoms with Gasteiger partial charge in [-0.2, -0.15) is 5.10 Å². The fourth-order valence-corrected chi connectivity index (χ4v) is 5.85. The van der Waals surface area contributed by atoms with E-state index >= 15 is 0 Å². The second kappa shape index (κ2) is 10.9. The monoisotopic (exact) mass is 543 g/mol. The number of carbonyl (C=O) groups is 1. The van der Waals surface area contributed by atoms with Gasteiger partial charge in [-0.15, -0.1) is 11.3 Å². The summed E-state index contributed by atoms with van der Waals surface area (Å²) in [7, 11) is 3.29. The molecular weight excluding hydrogens is 514 g/mol. The van der Waals surface area contributed by atoms with Crippen molar-refractivity contribution in [3.63, 3.8) is 0 Å². The van der Waals surface area contributed by atoms with Gasteiger partial charge in [0.2, 0.25) is 0 Å². The Hall–Kier alpha value is -4.22. The van der Waals surface area contributed by atoms with E-state index in [0.29, 0.717) is 10.7 Å². The molecule has 0 atom stereocenters. The normalized spacial score (nSPS) is 14.5. The molecule has 1 aliphatic heterocycles. The number of thiophene rings is 1. The van der Waals surface area contributed by atoms with Crippen LogP contribution < -0.4 is 20.1 Å². The minimum atomic E-state index is -0.0684. The van der Waals surface area contributed by atoms with Crippen LogP contribution in [0.1, 0.15) is 28.1 Å². The Morgan fingerprint density at radius 1 is 1.08 bits per heavy atom. The molecule has 3 aromatic heterocycles. The van der Waals surface area contributed by atoms with Gasteiger partial charge in [-0.25, -0.2) is 9.97 Å². The molecule has 200 valence electrons. The smallest absolute Gasteiger partial charge is 0.261 e. The average Bonchev–Trinajstić information content (AvgIpc) is 3.62. The van der Waals surface area contributed by atoms with E-state index in [2.05, 4.69) is 41.8 Å². The van der Waals surface area contributed by atoms with E-state index in [1.807, 2.05) is 36.4 Å². The molecule has 0 unspecified atom stereocenters. The molecule has 10 nitrogen and oxygen atoms in total. The lowest BCUT2D eigenvalue weighted by Crippen LogP contribution is -2.44. The van der Waals surface area contributed by atoms with Gasteiger partial charge in [0, 0.05) is 36.7 Å². The first-order valence-corrected chi connectivity index (χ1v) is 13.6. The largest absolute Gasteiger partial charge is 0.493 e. The minimum absolute atomic E-state index is 0.0684. The van der Waals surface area contributed by atoms with Gasteiger partial charge in [0.15, 0.2) is 11.5 Å². The van der Waals surface area contributed by atoms with Gasteiger partial charge < -0.3 is 20.1 Å². The highest BCUT2D eigenvalue weighted by atomic mass is 32.1. The van der Waals surface area contributed by atoms with Crippen molar-refractivity contribution in [2.24, 2.45) is 0 Å². The van der Waals surface area contributed by atoms with Crippen molar-refractivity contribution in [2.45, 2.75) is 25.4 Å². The Bertz CT molecular complexity index is 1620. The molecule has 0 bridgehead atoms. The standard InChI is InChI=1S/C28H29N7O3S/c1-37-23-6-3-17(11-24(23)38-2)15-35-9-7-19(8-10-35)33-27(36)25-13-21-26(29-16-30-28(21)39-25)32-20-5-4-18-14-31-34-22(18)12-20/h3-6,11-14,16,19H,7-10,15H2,1-2H3,(H,31,34)(H,33,36)(H,29,30,32). The number of nitrogens with zero attached hydrogens (tertiary/aromatic N) is 4. The quantitative estimate of drug-likeness (QED) is 0.257. The SMILES string of the molecule is COc1ccc(CN2CCC(NC(=O)c3cc4c(Nc5ccc6cn[nH]c6c5)ncnc4s3)CC2)cc1OC. The van der Waals surface area contributed by atoms with Crippen LogP contribution in [0.15, 0.2) is 55.0 Å². The van der Waals surface area contributed by atoms with Gasteiger partial charge in [-0.1, -0.05) is 6.07 Å². The van der Waals surface area contributed by atoms with Crippen LogP contribution in [0.2, 0.25) is 0 Å². The highest BCUT2D eigenvalue weighted by molar-refractivity contribution is 7.20. The lowest BCUT2D eigenvalue weighted by molar-refractivity contribution is 0.0913. The average molecular weight is 544 g/mol. The molecule has 1 fully saturated rings. The number of nitrogens with one attached hydrogen (secondary N) is 3. The number of anilines is 2. The van der Waals surface area contributed by atoms with E-state index in [1.54, 1.807) is 20.4 Å². The van der Waals surface area contributed by atoms with Crippen LogP contribution in [0.5, 0.6) is 11.5 Å². The number of benzene rings is 2. The number of piperidine rings is 1. The third-order valence-electron chi connectivity index (χ3n) is 7.03. The minimum Gasteiger partial charge on any atom is -0.493 e. The molecule has 39 heavy (non-hydrogen) atoms. The number of methoxy groups -OCH3 is 2. The molecule has 11 heteroatoms. The molecule has 2 aromatic carbocycles. The molecule has 4 heterocycles. The topological polar surface area (TPSA) is 117 Å². The molecule has 0 radical (unpaired) electrons. The maximum atomic E-state index is 13.2. The number of carbonyl (C=O) groups excluding carboxylic acids is 1. The first kappa shape index (κ1) is 25.1. The third-order valence-corrected chi connectivity index (χ3v) is 8.08. The van der Waals surface area contributed by atoms with Crippen LogP contribution in [-0.4, -0.2) is 64.3 Å². The van der Waals surface area contributed by atoms with Crippen molar-refractivity contribution in [1.82, 2.24) is 30.4 Å². The van der Waals surface area contributed by atoms with Crippen LogP contribution >= 0.6 is 11.3 Å². The van der Waals surface area contributed by atoms with Gasteiger partial charge in [0.1, 0.15) is 17.0 Å². The number of aromatic nitrogens is 4. The number of likely N-dealkylation sites (tertiary alicyclic amines) is 1. The zero-order valence-electron chi connectivity index (χ0n) is 21.7. The third kappa shape index (κ3) is 5.36. The predicted molar refractivity (Wildman–Crippen MR) is 152 cm³/mol. The number of fused-ring (bicyclic) bond motifs is 2. The second-order valence-corrected chi connectivity index (χ2v) is 10.6. The van der Waals surface area contributed by atoms with Crippen molar-refractivity contribution in [2.75, 3.05) is 32.6 Å². The summed E-state index contributed by atoms with van der Waals surface area (Å²) in [5.41, 5.74) is 2.99. The van der Waals surface area contributed by atoms with E-state index < -0.39 is 0 Å². The molecule has 0 aliphatic carbocycles. The summed E-state index contributed by atoms with van der Waals surface area (Å²) < 4.78 is 10.8. The van der Waals surface area contributed by atoms with Crippen molar-refractivity contribution in [3.8, 4) is 11.5 Å². The highest BCUT2D eigenvalue weighted by Crippen LogP contribution is 2.31. The molecule has 1 aliphatic rings. The highest BCUT2D eigenvalue weighted by Gasteiger charge is 2.23. The molecule has 6 rings (SSSR count). The van der Waals surface area contributed by atoms with E-state index in [4.69, 9.17) is 9.47 Å². The molecular formula is C28H29N7O3S. The summed E-state index contributed by atoms with van der Waals surface area (Å²) in [5.74, 6) is 2.06. The van der Waals surface area contributed by atoms with Crippen LogP contribution in [0.3, 0.4) is 0 Å². The number of amides is 1. The van der Waals surface area contributed by atoms with Crippen LogP contribution in [0, 0.1) is 0 Å². The van der Waals surface area contributed by atoms with Crippen molar-refractivity contribution in [1.29, 1.82) is 0 Å². The molecule has 1 amide bonds. The van der Waals surface area contributed by atoms with Crippen molar-refractivity contribution >= 4 is 49.9 Å². The molecule has 5 aromatic rings. The van der Waals surface area contributed by atoms with Gasteiger partial charge in [0.25, 0.3) is 5.91 Å². The van der Waals surface area contributed by atoms with Crippen molar-refractivity contribution < 1.29 is 14.3 Å². The summed E-state index contributed by atoms with van der Waals surface area (Å²) in [6, 6.07) is 14.0. The zero-order chi connectivity index (χ0) is 26.8. The Morgan fingerprint density at radius 3 is 2.74 bits per heavy atom. The molecule has 3 N–H and O–H groups in total. The maximum absolute atomic E-state index is 13.2. The predicted octanol–water partition coefficient (Wildman–Crippen LogP) is 4.72. The van der Waals surface area contributed by atoms with E-state index in [1.165, 1.54) is 23.2 Å². The number of aromatic amines is 1. The Balaban J connectivity index is 1.08. The molecule has 0 spiro atoms. The van der Waals surface area contributed by atoms with Gasteiger partial charge in [-0.05, 0) is 54.8 Å². The first-order valence-electron chi connectivity index (χ1n) is 12.8. The Kier molecular flexibility index (Phi) is 6.99. The number of hydrogen-bond acceptors (Lipinski definition) is 9. The van der Waals surface area contributed by atoms with Crippen molar-refractivity contribution in [3.05, 3.63) is 65.4 Å². The van der Waals surface area contributed by atoms with E-state index in [0.717, 1.165) is 70.8 Å². The number of H-pyrrole nitrogens is 1. The number of hydrogen-bond donors (Lipinski definition) is 3. The fourth-order valence-electron chi connectivity index (χ4n) is 4.95. The summed E-state index contributed by atoms with van der Waals surface area (Å²) in [6.45, 7) is 2.65. The summed E-state index contributed by atoms with van der Waals surface area (Å²) >= 11 is 1.38. The van der Waals surface area contributed by atoms with Gasteiger partial charge in [0.05, 0.1) is 36.2 Å². The van der Waals surface area contributed by atoms with Crippen LogP contribution in [0.4, 0.5) is 11.5 Å². The molecule has 0 saturated carbocycles. The number of ether oxygens (including phenoxy) is 2. The van der Waals surface area contributed by atoms with E-state index in [9.17, 15) is 4.79 Å². The first-order chi connectivity index (χ1) is 19.1. The van der Waals surface area contributed by atoms with Crippen LogP contribution in [-0.2, 0) is 6.54 Å².